The number of hydrogen-bond donors (Lipinski definition) is 2. The Morgan fingerprint density at radius 3 is 2.69 bits per heavy atom. The van der Waals surface area contributed by atoms with Gasteiger partial charge in [0.15, 0.2) is 9.84 Å². The van der Waals surface area contributed by atoms with Crippen LogP contribution in [0.3, 0.4) is 0 Å². The third-order valence-electron chi connectivity index (χ3n) is 4.23. The van der Waals surface area contributed by atoms with Crippen LogP contribution in [-0.2, 0) is 14.6 Å². The molecular formula is C17H21N5O3S. The summed E-state index contributed by atoms with van der Waals surface area (Å²) in [4.78, 5) is 21.5. The minimum Gasteiger partial charge on any atom is -0.355 e. The Morgan fingerprint density at radius 2 is 2.00 bits per heavy atom. The monoisotopic (exact) mass is 375 g/mol. The molecule has 1 aliphatic heterocycles. The van der Waals surface area contributed by atoms with Gasteiger partial charge in [-0.2, -0.15) is 0 Å². The average Bonchev–Trinajstić information content (AvgIpc) is 2.94. The summed E-state index contributed by atoms with van der Waals surface area (Å²) < 4.78 is 23.4. The molecule has 0 bridgehead atoms. The van der Waals surface area contributed by atoms with Crippen molar-refractivity contribution in [1.82, 2.24) is 9.97 Å². The first-order valence-corrected chi connectivity index (χ1v) is 10.0. The van der Waals surface area contributed by atoms with E-state index >= 15 is 0 Å². The van der Waals surface area contributed by atoms with E-state index in [0.29, 0.717) is 23.7 Å². The second kappa shape index (κ2) is 7.28. The summed E-state index contributed by atoms with van der Waals surface area (Å²) in [6.07, 6.45) is 2.04. The molecule has 0 aliphatic carbocycles. The summed E-state index contributed by atoms with van der Waals surface area (Å²) >= 11 is 0. The number of benzene rings is 1. The topological polar surface area (TPSA) is 104 Å². The fourth-order valence-corrected chi connectivity index (χ4v) is 4.68. The van der Waals surface area contributed by atoms with E-state index < -0.39 is 9.84 Å². The van der Waals surface area contributed by atoms with Gasteiger partial charge in [0.25, 0.3) is 0 Å². The van der Waals surface area contributed by atoms with Gasteiger partial charge in [-0.3, -0.25) is 4.79 Å². The lowest BCUT2D eigenvalue weighted by Gasteiger charge is -2.24. The van der Waals surface area contributed by atoms with Crippen LogP contribution >= 0.6 is 0 Å². The van der Waals surface area contributed by atoms with E-state index in [9.17, 15) is 13.2 Å². The van der Waals surface area contributed by atoms with Gasteiger partial charge in [0, 0.05) is 37.5 Å². The largest absolute Gasteiger partial charge is 0.355 e. The van der Waals surface area contributed by atoms with Gasteiger partial charge in [-0.05, 0) is 24.6 Å². The minimum absolute atomic E-state index is 0.0779. The lowest BCUT2D eigenvalue weighted by Crippen LogP contribution is -2.33. The molecule has 2 N–H and O–H groups in total. The van der Waals surface area contributed by atoms with Gasteiger partial charge >= 0.3 is 0 Å². The van der Waals surface area contributed by atoms with Crippen molar-refractivity contribution in [1.29, 1.82) is 0 Å². The lowest BCUT2D eigenvalue weighted by molar-refractivity contribution is -0.114. The first-order chi connectivity index (χ1) is 12.3. The molecular weight excluding hydrogens is 354 g/mol. The Balaban J connectivity index is 1.74. The molecule has 0 saturated carbocycles. The predicted octanol–water partition coefficient (Wildman–Crippen LogP) is 1.80. The van der Waals surface area contributed by atoms with Crippen LogP contribution in [0.25, 0.3) is 0 Å². The maximum atomic E-state index is 11.7. The van der Waals surface area contributed by atoms with Crippen molar-refractivity contribution in [3.05, 3.63) is 36.7 Å². The normalized spacial score (nSPS) is 18.3. The molecule has 0 spiro atoms. The number of rotatable bonds is 5. The first-order valence-electron chi connectivity index (χ1n) is 8.22. The maximum absolute atomic E-state index is 11.7. The number of carbonyl (C=O) groups excluding carboxylic acids is 1. The lowest BCUT2D eigenvalue weighted by atomic mass is 10.2. The van der Waals surface area contributed by atoms with Crippen LogP contribution in [0.15, 0.2) is 36.7 Å². The molecule has 1 aromatic carbocycles. The fourth-order valence-electron chi connectivity index (χ4n) is 2.90. The molecule has 3 rings (SSSR count). The molecule has 2 heterocycles. The Bertz CT molecular complexity index is 916. The molecule has 1 atom stereocenters. The molecule has 1 aliphatic rings. The van der Waals surface area contributed by atoms with Gasteiger partial charge in [0.1, 0.15) is 18.0 Å². The van der Waals surface area contributed by atoms with Gasteiger partial charge in [0.2, 0.25) is 5.91 Å². The fraction of sp³-hybridized carbons (Fsp3) is 0.353. The van der Waals surface area contributed by atoms with Gasteiger partial charge in [-0.15, -0.1) is 0 Å². The van der Waals surface area contributed by atoms with Crippen molar-refractivity contribution in [2.75, 3.05) is 34.1 Å². The van der Waals surface area contributed by atoms with E-state index in [-0.39, 0.29) is 23.5 Å². The van der Waals surface area contributed by atoms with Crippen LogP contribution in [0.5, 0.6) is 0 Å². The van der Waals surface area contributed by atoms with Gasteiger partial charge in [0.05, 0.1) is 11.5 Å². The first kappa shape index (κ1) is 18.1. The highest BCUT2D eigenvalue weighted by atomic mass is 32.2. The van der Waals surface area contributed by atoms with Crippen molar-refractivity contribution in [3.63, 3.8) is 0 Å². The van der Waals surface area contributed by atoms with E-state index in [4.69, 9.17) is 0 Å². The third kappa shape index (κ3) is 4.48. The number of amides is 1. The summed E-state index contributed by atoms with van der Waals surface area (Å²) in [5.74, 6) is 1.47. The molecule has 1 fully saturated rings. The van der Waals surface area contributed by atoms with E-state index in [2.05, 4.69) is 20.6 Å². The Labute approximate surface area is 152 Å². The van der Waals surface area contributed by atoms with Crippen molar-refractivity contribution in [2.24, 2.45) is 0 Å². The van der Waals surface area contributed by atoms with E-state index in [1.54, 1.807) is 18.2 Å². The second-order valence-corrected chi connectivity index (χ2v) is 8.54. The van der Waals surface area contributed by atoms with Crippen molar-refractivity contribution in [2.45, 2.75) is 19.4 Å². The van der Waals surface area contributed by atoms with Crippen LogP contribution < -0.4 is 15.5 Å². The molecule has 9 heteroatoms. The van der Waals surface area contributed by atoms with Crippen LogP contribution in [-0.4, -0.2) is 48.9 Å². The molecule has 1 unspecified atom stereocenters. The second-order valence-electron chi connectivity index (χ2n) is 6.32. The van der Waals surface area contributed by atoms with Crippen LogP contribution in [0.2, 0.25) is 0 Å². The Kier molecular flexibility index (Phi) is 5.08. The summed E-state index contributed by atoms with van der Waals surface area (Å²) in [7, 11) is -1.11. The van der Waals surface area contributed by atoms with Crippen LogP contribution in [0, 0.1) is 0 Å². The van der Waals surface area contributed by atoms with E-state index in [1.807, 2.05) is 24.1 Å². The number of anilines is 4. The zero-order valence-corrected chi connectivity index (χ0v) is 15.5. The predicted molar refractivity (Wildman–Crippen MR) is 102 cm³/mol. The summed E-state index contributed by atoms with van der Waals surface area (Å²) in [5.41, 5.74) is 1.46. The zero-order chi connectivity index (χ0) is 18.7. The number of aromatic nitrogens is 2. The minimum atomic E-state index is -2.96. The molecule has 138 valence electrons. The van der Waals surface area contributed by atoms with E-state index in [0.717, 1.165) is 5.69 Å². The molecule has 0 radical (unpaired) electrons. The standard InChI is InChI=1S/C17H21N5O3S/c1-12(23)20-13-4-3-5-14(8-13)21-16-9-17(19-11-18-16)22(2)15-6-7-26(24,25)10-15/h3-5,8-9,11,15H,6-7,10H2,1-2H3,(H,20,23)(H,18,19,21). The van der Waals surface area contributed by atoms with Crippen LogP contribution in [0.4, 0.5) is 23.0 Å². The van der Waals surface area contributed by atoms with Crippen LogP contribution in [0.1, 0.15) is 13.3 Å². The third-order valence-corrected chi connectivity index (χ3v) is 5.98. The Morgan fingerprint density at radius 1 is 1.23 bits per heavy atom. The smallest absolute Gasteiger partial charge is 0.221 e. The van der Waals surface area contributed by atoms with Crippen molar-refractivity contribution < 1.29 is 13.2 Å². The van der Waals surface area contributed by atoms with Gasteiger partial charge in [-0.1, -0.05) is 6.07 Å². The summed E-state index contributed by atoms with van der Waals surface area (Å²) in [5, 5.41) is 5.90. The average molecular weight is 375 g/mol. The molecule has 1 aromatic heterocycles. The van der Waals surface area contributed by atoms with Gasteiger partial charge in [-0.25, -0.2) is 18.4 Å². The SMILES string of the molecule is CC(=O)Nc1cccc(Nc2cc(N(C)C3CCS(=O)(=O)C3)ncn2)c1. The summed E-state index contributed by atoms with van der Waals surface area (Å²) in [6.45, 7) is 1.45. The maximum Gasteiger partial charge on any atom is 0.221 e. The number of sulfone groups is 1. The molecule has 1 saturated heterocycles. The van der Waals surface area contributed by atoms with E-state index in [1.165, 1.54) is 13.3 Å². The number of hydrogen-bond acceptors (Lipinski definition) is 7. The molecule has 26 heavy (non-hydrogen) atoms. The number of nitrogens with zero attached hydrogens (tertiary/aromatic N) is 3. The highest BCUT2D eigenvalue weighted by Crippen LogP contribution is 2.24. The Hall–Kier alpha value is -2.68. The highest BCUT2D eigenvalue weighted by molar-refractivity contribution is 7.91. The quantitative estimate of drug-likeness (QED) is 0.821. The highest BCUT2D eigenvalue weighted by Gasteiger charge is 2.31. The molecule has 8 nitrogen and oxygen atoms in total. The number of carbonyl (C=O) groups is 1. The molecule has 2 aromatic rings. The molecule has 1 amide bonds. The van der Waals surface area contributed by atoms with Crippen molar-refractivity contribution in [3.8, 4) is 0 Å². The number of nitrogens with one attached hydrogen (secondary N) is 2. The summed E-state index contributed by atoms with van der Waals surface area (Å²) in [6, 6.07) is 8.98. The zero-order valence-electron chi connectivity index (χ0n) is 14.6. The van der Waals surface area contributed by atoms with Crippen molar-refractivity contribution >= 4 is 38.8 Å². The van der Waals surface area contributed by atoms with Gasteiger partial charge < -0.3 is 15.5 Å².